The standard InChI is InChI=1S/C11H13N3O3/c1-2-9(15)7-13-10-5-3-4-8(6-12)11(10)14(16)17/h3-5,9,13,15H,2,7H2,1H3. The highest BCUT2D eigenvalue weighted by Crippen LogP contribution is 2.27. The van der Waals surface area contributed by atoms with Gasteiger partial charge in [-0.15, -0.1) is 0 Å². The van der Waals surface area contributed by atoms with Crippen molar-refractivity contribution in [2.45, 2.75) is 19.4 Å². The molecule has 0 saturated carbocycles. The minimum atomic E-state index is -0.598. The first kappa shape index (κ1) is 12.9. The average Bonchev–Trinajstić information content (AvgIpc) is 2.34. The van der Waals surface area contributed by atoms with E-state index in [0.29, 0.717) is 6.42 Å². The fourth-order valence-electron chi connectivity index (χ4n) is 1.35. The molecule has 0 radical (unpaired) electrons. The summed E-state index contributed by atoms with van der Waals surface area (Å²) in [4.78, 5) is 10.3. The van der Waals surface area contributed by atoms with Crippen LogP contribution >= 0.6 is 0 Å². The van der Waals surface area contributed by atoms with E-state index in [0.717, 1.165) is 0 Å². The molecule has 1 aromatic rings. The quantitative estimate of drug-likeness (QED) is 0.597. The van der Waals surface area contributed by atoms with Crippen molar-refractivity contribution in [3.05, 3.63) is 33.9 Å². The number of nitrogens with one attached hydrogen (secondary N) is 1. The zero-order valence-electron chi connectivity index (χ0n) is 9.38. The molecule has 0 aliphatic rings. The third-order valence-corrected chi connectivity index (χ3v) is 2.34. The largest absolute Gasteiger partial charge is 0.391 e. The molecular weight excluding hydrogens is 222 g/mol. The van der Waals surface area contributed by atoms with Gasteiger partial charge in [-0.05, 0) is 18.6 Å². The Morgan fingerprint density at radius 3 is 2.88 bits per heavy atom. The van der Waals surface area contributed by atoms with Gasteiger partial charge in [0.15, 0.2) is 0 Å². The van der Waals surface area contributed by atoms with Crippen LogP contribution in [0.4, 0.5) is 11.4 Å². The number of nitriles is 1. The van der Waals surface area contributed by atoms with E-state index in [2.05, 4.69) is 5.32 Å². The van der Waals surface area contributed by atoms with Crippen molar-refractivity contribution in [3.63, 3.8) is 0 Å². The Labute approximate surface area is 98.6 Å². The maximum absolute atomic E-state index is 10.9. The number of benzene rings is 1. The molecule has 0 bridgehead atoms. The molecule has 1 unspecified atom stereocenters. The van der Waals surface area contributed by atoms with Crippen LogP contribution in [0.3, 0.4) is 0 Å². The Bertz CT molecular complexity index is 454. The van der Waals surface area contributed by atoms with Crippen LogP contribution in [-0.4, -0.2) is 22.7 Å². The number of nitrogens with zero attached hydrogens (tertiary/aromatic N) is 2. The average molecular weight is 235 g/mol. The lowest BCUT2D eigenvalue weighted by atomic mass is 10.1. The molecular formula is C11H13N3O3. The summed E-state index contributed by atoms with van der Waals surface area (Å²) in [6, 6.07) is 6.24. The summed E-state index contributed by atoms with van der Waals surface area (Å²) in [5.74, 6) is 0. The van der Waals surface area contributed by atoms with Crippen LogP contribution in [0.25, 0.3) is 0 Å². The SMILES string of the molecule is CCC(O)CNc1cccc(C#N)c1[N+](=O)[O-]. The molecule has 90 valence electrons. The van der Waals surface area contributed by atoms with E-state index < -0.39 is 11.0 Å². The fourth-order valence-corrected chi connectivity index (χ4v) is 1.35. The second-order valence-corrected chi connectivity index (χ2v) is 3.51. The zero-order chi connectivity index (χ0) is 12.8. The molecule has 1 aromatic carbocycles. The van der Waals surface area contributed by atoms with Gasteiger partial charge in [-0.25, -0.2) is 0 Å². The van der Waals surface area contributed by atoms with Crippen LogP contribution in [-0.2, 0) is 0 Å². The predicted octanol–water partition coefficient (Wildman–Crippen LogP) is 1.65. The Morgan fingerprint density at radius 2 is 2.35 bits per heavy atom. The van der Waals surface area contributed by atoms with E-state index in [-0.39, 0.29) is 23.5 Å². The van der Waals surface area contributed by atoms with Crippen LogP contribution in [0.5, 0.6) is 0 Å². The van der Waals surface area contributed by atoms with Gasteiger partial charge in [-0.2, -0.15) is 5.26 Å². The van der Waals surface area contributed by atoms with Gasteiger partial charge >= 0.3 is 5.69 Å². The lowest BCUT2D eigenvalue weighted by Gasteiger charge is -2.11. The molecule has 2 N–H and O–H groups in total. The fraction of sp³-hybridized carbons (Fsp3) is 0.364. The number of aliphatic hydroxyl groups is 1. The number of aliphatic hydroxyl groups excluding tert-OH is 1. The van der Waals surface area contributed by atoms with Gasteiger partial charge < -0.3 is 10.4 Å². The van der Waals surface area contributed by atoms with Crippen molar-refractivity contribution >= 4 is 11.4 Å². The van der Waals surface area contributed by atoms with Crippen LogP contribution in [0.1, 0.15) is 18.9 Å². The first-order valence-electron chi connectivity index (χ1n) is 5.19. The number of nitro groups is 1. The topological polar surface area (TPSA) is 99.2 Å². The van der Waals surface area contributed by atoms with Crippen molar-refractivity contribution in [3.8, 4) is 6.07 Å². The maximum Gasteiger partial charge on any atom is 0.309 e. The summed E-state index contributed by atoms with van der Waals surface area (Å²) in [5, 5.41) is 31.8. The van der Waals surface area contributed by atoms with Crippen molar-refractivity contribution < 1.29 is 10.0 Å². The van der Waals surface area contributed by atoms with E-state index in [1.807, 2.05) is 6.92 Å². The van der Waals surface area contributed by atoms with Crippen molar-refractivity contribution in [1.82, 2.24) is 0 Å². The zero-order valence-corrected chi connectivity index (χ0v) is 9.38. The Kier molecular flexibility index (Phi) is 4.43. The Hall–Kier alpha value is -2.13. The molecule has 1 rings (SSSR count). The van der Waals surface area contributed by atoms with Crippen molar-refractivity contribution in [2.75, 3.05) is 11.9 Å². The van der Waals surface area contributed by atoms with Crippen LogP contribution in [0.2, 0.25) is 0 Å². The van der Waals surface area contributed by atoms with Gasteiger partial charge in [-0.1, -0.05) is 13.0 Å². The maximum atomic E-state index is 10.9. The number of anilines is 1. The third kappa shape index (κ3) is 3.16. The predicted molar refractivity (Wildman–Crippen MR) is 62.6 cm³/mol. The van der Waals surface area contributed by atoms with Crippen LogP contribution < -0.4 is 5.32 Å². The number of rotatable bonds is 5. The first-order chi connectivity index (χ1) is 8.10. The number of hydrogen-bond donors (Lipinski definition) is 2. The lowest BCUT2D eigenvalue weighted by molar-refractivity contribution is -0.384. The Balaban J connectivity index is 2.99. The molecule has 0 fully saturated rings. The number of hydrogen-bond acceptors (Lipinski definition) is 5. The van der Waals surface area contributed by atoms with Gasteiger partial charge in [0.1, 0.15) is 17.3 Å². The summed E-state index contributed by atoms with van der Waals surface area (Å²) in [6.45, 7) is 2.03. The molecule has 1 atom stereocenters. The number of nitro benzene ring substituents is 1. The van der Waals surface area contributed by atoms with Crippen molar-refractivity contribution in [2.24, 2.45) is 0 Å². The molecule has 0 aliphatic heterocycles. The van der Waals surface area contributed by atoms with Gasteiger partial charge in [0.2, 0.25) is 0 Å². The minimum Gasteiger partial charge on any atom is -0.391 e. The molecule has 17 heavy (non-hydrogen) atoms. The number of para-hydroxylation sites is 1. The summed E-state index contributed by atoms with van der Waals surface area (Å²) in [6.07, 6.45) is -0.0148. The Morgan fingerprint density at radius 1 is 1.65 bits per heavy atom. The van der Waals surface area contributed by atoms with Gasteiger partial charge in [0.05, 0.1) is 11.0 Å². The van der Waals surface area contributed by atoms with Crippen LogP contribution in [0.15, 0.2) is 18.2 Å². The van der Waals surface area contributed by atoms with E-state index in [1.165, 1.54) is 12.1 Å². The second-order valence-electron chi connectivity index (χ2n) is 3.51. The molecule has 0 aromatic heterocycles. The van der Waals surface area contributed by atoms with Crippen LogP contribution in [0, 0.1) is 21.4 Å². The highest BCUT2D eigenvalue weighted by molar-refractivity contribution is 5.68. The van der Waals surface area contributed by atoms with Gasteiger partial charge in [0.25, 0.3) is 0 Å². The van der Waals surface area contributed by atoms with Crippen molar-refractivity contribution in [1.29, 1.82) is 5.26 Å². The van der Waals surface area contributed by atoms with E-state index in [9.17, 15) is 15.2 Å². The molecule has 0 heterocycles. The lowest BCUT2D eigenvalue weighted by Crippen LogP contribution is -2.18. The summed E-state index contributed by atoms with van der Waals surface area (Å²) in [5.41, 5.74) is 0.00541. The molecule has 0 amide bonds. The summed E-state index contributed by atoms with van der Waals surface area (Å²) >= 11 is 0. The second kappa shape index (κ2) is 5.82. The van der Waals surface area contributed by atoms with Gasteiger partial charge in [0, 0.05) is 6.54 Å². The molecule has 0 spiro atoms. The highest BCUT2D eigenvalue weighted by Gasteiger charge is 2.19. The highest BCUT2D eigenvalue weighted by atomic mass is 16.6. The van der Waals surface area contributed by atoms with E-state index >= 15 is 0 Å². The summed E-state index contributed by atoms with van der Waals surface area (Å²) < 4.78 is 0. The molecule has 6 nitrogen and oxygen atoms in total. The molecule has 6 heteroatoms. The summed E-state index contributed by atoms with van der Waals surface area (Å²) in [7, 11) is 0. The van der Waals surface area contributed by atoms with Gasteiger partial charge in [-0.3, -0.25) is 10.1 Å². The minimum absolute atomic E-state index is 0.00554. The van der Waals surface area contributed by atoms with E-state index in [1.54, 1.807) is 12.1 Å². The molecule has 0 saturated heterocycles. The third-order valence-electron chi connectivity index (χ3n) is 2.34. The smallest absolute Gasteiger partial charge is 0.309 e. The first-order valence-corrected chi connectivity index (χ1v) is 5.19. The molecule has 0 aliphatic carbocycles. The van der Waals surface area contributed by atoms with E-state index in [4.69, 9.17) is 5.26 Å². The normalized spacial score (nSPS) is 11.6. The monoisotopic (exact) mass is 235 g/mol.